The first-order valence-corrected chi connectivity index (χ1v) is 6.95. The Morgan fingerprint density at radius 2 is 1.83 bits per heavy atom. The fourth-order valence-electron chi connectivity index (χ4n) is 2.67. The molecule has 2 nitrogen and oxygen atoms in total. The van der Waals surface area contributed by atoms with Gasteiger partial charge in [0, 0.05) is 12.3 Å². The molecule has 0 radical (unpaired) electrons. The summed E-state index contributed by atoms with van der Waals surface area (Å²) in [5.41, 5.74) is 1.25. The number of ether oxygens (including phenoxy) is 1. The van der Waals surface area contributed by atoms with Crippen molar-refractivity contribution in [1.82, 2.24) is 0 Å². The molecule has 0 N–H and O–H groups in total. The van der Waals surface area contributed by atoms with Crippen molar-refractivity contribution in [2.75, 3.05) is 7.11 Å². The highest BCUT2D eigenvalue weighted by Gasteiger charge is 2.19. The minimum absolute atomic E-state index is 0.235. The number of Topliss-reactive ketones (excluding diaryl/α,β-unsaturated/α-hetero) is 1. The molecule has 18 heavy (non-hydrogen) atoms. The highest BCUT2D eigenvalue weighted by Crippen LogP contribution is 2.23. The number of carbonyl (C=O) groups excluding carboxylic acids is 1. The standard InChI is InChI=1S/C16H22O2/c1-18-15-10-8-13(9-11-15)12-14-6-4-2-3-5-7-16(14)17/h8-11,14H,2-7,12H2,1H3. The molecule has 0 saturated heterocycles. The molecule has 1 fully saturated rings. The van der Waals surface area contributed by atoms with Crippen LogP contribution in [0.2, 0.25) is 0 Å². The van der Waals surface area contributed by atoms with Gasteiger partial charge in [-0.1, -0.05) is 31.4 Å². The minimum atomic E-state index is 0.235. The van der Waals surface area contributed by atoms with E-state index in [2.05, 4.69) is 12.1 Å². The van der Waals surface area contributed by atoms with Crippen LogP contribution >= 0.6 is 0 Å². The van der Waals surface area contributed by atoms with Crippen LogP contribution < -0.4 is 4.74 Å². The number of benzene rings is 1. The van der Waals surface area contributed by atoms with Crippen molar-refractivity contribution in [1.29, 1.82) is 0 Å². The van der Waals surface area contributed by atoms with Crippen molar-refractivity contribution in [2.24, 2.45) is 5.92 Å². The van der Waals surface area contributed by atoms with Crippen molar-refractivity contribution in [3.05, 3.63) is 29.8 Å². The molecule has 2 heteroatoms. The van der Waals surface area contributed by atoms with Gasteiger partial charge in [0.05, 0.1) is 7.11 Å². The zero-order chi connectivity index (χ0) is 12.8. The predicted molar refractivity (Wildman–Crippen MR) is 72.9 cm³/mol. The van der Waals surface area contributed by atoms with Crippen molar-refractivity contribution >= 4 is 5.78 Å². The van der Waals surface area contributed by atoms with Crippen molar-refractivity contribution in [3.63, 3.8) is 0 Å². The van der Waals surface area contributed by atoms with E-state index in [1.807, 2.05) is 12.1 Å². The maximum absolute atomic E-state index is 12.1. The normalized spacial score (nSPS) is 21.2. The summed E-state index contributed by atoms with van der Waals surface area (Å²) < 4.78 is 5.15. The second-order valence-corrected chi connectivity index (χ2v) is 5.17. The molecule has 0 aromatic heterocycles. The summed E-state index contributed by atoms with van der Waals surface area (Å²) in [6, 6.07) is 8.10. The quantitative estimate of drug-likeness (QED) is 0.811. The second kappa shape index (κ2) is 6.58. The van der Waals surface area contributed by atoms with Crippen LogP contribution in [-0.4, -0.2) is 12.9 Å². The SMILES string of the molecule is COc1ccc(CC2CCCCCCC2=O)cc1. The molecule has 0 bridgehead atoms. The molecular formula is C16H22O2. The van der Waals surface area contributed by atoms with Gasteiger partial charge in [0.2, 0.25) is 0 Å². The highest BCUT2D eigenvalue weighted by molar-refractivity contribution is 5.81. The third-order valence-electron chi connectivity index (χ3n) is 3.82. The maximum atomic E-state index is 12.1. The molecule has 1 aromatic rings. The van der Waals surface area contributed by atoms with Gasteiger partial charge in [0.15, 0.2) is 0 Å². The van der Waals surface area contributed by atoms with Gasteiger partial charge in [-0.2, -0.15) is 0 Å². The monoisotopic (exact) mass is 246 g/mol. The Morgan fingerprint density at radius 3 is 2.56 bits per heavy atom. The summed E-state index contributed by atoms with van der Waals surface area (Å²) in [5, 5.41) is 0. The predicted octanol–water partition coefficient (Wildman–Crippen LogP) is 3.78. The number of hydrogen-bond donors (Lipinski definition) is 0. The minimum Gasteiger partial charge on any atom is -0.497 e. The summed E-state index contributed by atoms with van der Waals surface area (Å²) in [4.78, 5) is 12.1. The van der Waals surface area contributed by atoms with E-state index in [0.717, 1.165) is 31.4 Å². The smallest absolute Gasteiger partial charge is 0.136 e. The Bertz CT molecular complexity index is 381. The zero-order valence-corrected chi connectivity index (χ0v) is 11.2. The first-order valence-electron chi connectivity index (χ1n) is 6.95. The van der Waals surface area contributed by atoms with E-state index in [1.54, 1.807) is 7.11 Å². The molecule has 1 unspecified atom stereocenters. The average Bonchev–Trinajstić information content (AvgIpc) is 2.39. The van der Waals surface area contributed by atoms with E-state index in [-0.39, 0.29) is 5.92 Å². The van der Waals surface area contributed by atoms with Crippen LogP contribution in [0.25, 0.3) is 0 Å². The van der Waals surface area contributed by atoms with Crippen molar-refractivity contribution in [3.8, 4) is 5.75 Å². The molecule has 1 aromatic carbocycles. The van der Waals surface area contributed by atoms with E-state index < -0.39 is 0 Å². The molecule has 0 spiro atoms. The number of methoxy groups -OCH3 is 1. The van der Waals surface area contributed by atoms with Crippen LogP contribution in [0.5, 0.6) is 5.75 Å². The van der Waals surface area contributed by atoms with E-state index in [9.17, 15) is 4.79 Å². The largest absolute Gasteiger partial charge is 0.497 e. The van der Waals surface area contributed by atoms with Gasteiger partial charge in [-0.05, 0) is 37.0 Å². The number of hydrogen-bond acceptors (Lipinski definition) is 2. The topological polar surface area (TPSA) is 26.3 Å². The van der Waals surface area contributed by atoms with Gasteiger partial charge in [-0.25, -0.2) is 0 Å². The third kappa shape index (κ3) is 3.59. The lowest BCUT2D eigenvalue weighted by Gasteiger charge is -2.18. The van der Waals surface area contributed by atoms with Crippen LogP contribution in [0.1, 0.15) is 44.1 Å². The lowest BCUT2D eigenvalue weighted by molar-refractivity contribution is -0.123. The van der Waals surface area contributed by atoms with Gasteiger partial charge in [-0.3, -0.25) is 4.79 Å². The molecule has 1 saturated carbocycles. The van der Waals surface area contributed by atoms with Gasteiger partial charge < -0.3 is 4.74 Å². The van der Waals surface area contributed by atoms with Gasteiger partial charge >= 0.3 is 0 Å². The molecule has 0 heterocycles. The summed E-state index contributed by atoms with van der Waals surface area (Å²) in [6.45, 7) is 0. The van der Waals surface area contributed by atoms with E-state index in [1.165, 1.54) is 24.8 Å². The van der Waals surface area contributed by atoms with Gasteiger partial charge in [0.1, 0.15) is 11.5 Å². The van der Waals surface area contributed by atoms with Crippen molar-refractivity contribution < 1.29 is 9.53 Å². The summed E-state index contributed by atoms with van der Waals surface area (Å²) >= 11 is 0. The summed E-state index contributed by atoms with van der Waals surface area (Å²) in [5.74, 6) is 1.58. The third-order valence-corrected chi connectivity index (χ3v) is 3.82. The number of carbonyl (C=O) groups is 1. The molecule has 1 aliphatic carbocycles. The van der Waals surface area contributed by atoms with E-state index in [0.29, 0.717) is 5.78 Å². The van der Waals surface area contributed by atoms with Crippen LogP contribution in [0.15, 0.2) is 24.3 Å². The fraction of sp³-hybridized carbons (Fsp3) is 0.562. The Balaban J connectivity index is 1.98. The Morgan fingerprint density at radius 1 is 1.11 bits per heavy atom. The van der Waals surface area contributed by atoms with E-state index >= 15 is 0 Å². The lowest BCUT2D eigenvalue weighted by atomic mass is 9.86. The average molecular weight is 246 g/mol. The Labute approximate surface area is 109 Å². The Hall–Kier alpha value is -1.31. The fourth-order valence-corrected chi connectivity index (χ4v) is 2.67. The van der Waals surface area contributed by atoms with E-state index in [4.69, 9.17) is 4.74 Å². The van der Waals surface area contributed by atoms with Gasteiger partial charge in [-0.15, -0.1) is 0 Å². The number of ketones is 1. The van der Waals surface area contributed by atoms with Crippen LogP contribution in [0.3, 0.4) is 0 Å². The first-order chi connectivity index (χ1) is 8.79. The molecule has 0 amide bonds. The Kier molecular flexibility index (Phi) is 4.80. The zero-order valence-electron chi connectivity index (χ0n) is 11.2. The molecule has 1 atom stereocenters. The summed E-state index contributed by atoms with van der Waals surface area (Å²) in [6.07, 6.45) is 7.52. The van der Waals surface area contributed by atoms with Crippen molar-refractivity contribution in [2.45, 2.75) is 44.9 Å². The lowest BCUT2D eigenvalue weighted by Crippen LogP contribution is -2.18. The first kappa shape index (κ1) is 13.1. The molecule has 98 valence electrons. The van der Waals surface area contributed by atoms with Gasteiger partial charge in [0.25, 0.3) is 0 Å². The summed E-state index contributed by atoms with van der Waals surface area (Å²) in [7, 11) is 1.67. The highest BCUT2D eigenvalue weighted by atomic mass is 16.5. The molecule has 0 aliphatic heterocycles. The molecule has 2 rings (SSSR count). The second-order valence-electron chi connectivity index (χ2n) is 5.17. The van der Waals surface area contributed by atoms with Crippen LogP contribution in [-0.2, 0) is 11.2 Å². The molecule has 1 aliphatic rings. The number of rotatable bonds is 3. The van der Waals surface area contributed by atoms with Crippen LogP contribution in [0.4, 0.5) is 0 Å². The maximum Gasteiger partial charge on any atom is 0.136 e. The van der Waals surface area contributed by atoms with Crippen LogP contribution in [0, 0.1) is 5.92 Å². The molecular weight excluding hydrogens is 224 g/mol.